The number of hydrogen-bond donors (Lipinski definition) is 3. The van der Waals surface area contributed by atoms with Crippen LogP contribution in [0, 0.1) is 0 Å². The van der Waals surface area contributed by atoms with Crippen LogP contribution in [0.15, 0.2) is 18.2 Å². The minimum Gasteiger partial charge on any atom is -0.465 e. The smallest absolute Gasteiger partial charge is 0.337 e. The van der Waals surface area contributed by atoms with Gasteiger partial charge >= 0.3 is 5.97 Å². The van der Waals surface area contributed by atoms with E-state index in [4.69, 9.17) is 5.73 Å². The van der Waals surface area contributed by atoms with Crippen LogP contribution in [-0.4, -0.2) is 34.7 Å². The Morgan fingerprint density at radius 3 is 2.72 bits per heavy atom. The van der Waals surface area contributed by atoms with Crippen LogP contribution in [0.1, 0.15) is 28.4 Å². The predicted octanol–water partition coefficient (Wildman–Crippen LogP) is 1.23. The first-order chi connectivity index (χ1) is 8.51. The van der Waals surface area contributed by atoms with Crippen molar-refractivity contribution in [2.24, 2.45) is 0 Å². The van der Waals surface area contributed by atoms with Gasteiger partial charge in [0.15, 0.2) is 0 Å². The lowest BCUT2D eigenvalue weighted by molar-refractivity contribution is 0.0177. The van der Waals surface area contributed by atoms with Crippen molar-refractivity contribution in [2.45, 2.75) is 18.6 Å². The van der Waals surface area contributed by atoms with Gasteiger partial charge in [-0.05, 0) is 24.6 Å². The Morgan fingerprint density at radius 2 is 2.17 bits per heavy atom. The zero-order chi connectivity index (χ0) is 13.7. The van der Waals surface area contributed by atoms with Crippen molar-refractivity contribution in [3.63, 3.8) is 0 Å². The van der Waals surface area contributed by atoms with Crippen LogP contribution in [0.4, 0.5) is 5.69 Å². The molecule has 1 aromatic rings. The monoisotopic (exact) mass is 317 g/mol. The summed E-state index contributed by atoms with van der Waals surface area (Å²) in [6.45, 7) is 0. The van der Waals surface area contributed by atoms with Crippen LogP contribution in [0.3, 0.4) is 0 Å². The summed E-state index contributed by atoms with van der Waals surface area (Å²) in [6, 6.07) is 4.45. The summed E-state index contributed by atoms with van der Waals surface area (Å²) in [6.07, 6.45) is -1.70. The summed E-state index contributed by atoms with van der Waals surface area (Å²) in [5.41, 5.74) is 6.66. The van der Waals surface area contributed by atoms with Gasteiger partial charge in [0, 0.05) is 16.6 Å². The van der Waals surface area contributed by atoms with E-state index >= 15 is 0 Å². The molecule has 0 spiro atoms. The molecule has 2 atom stereocenters. The Kier molecular flexibility index (Phi) is 5.58. The standard InChI is InChI=1S/C12H16BrNO4/c1-18-12(17)7-2-3-9(14)8(6-7)11(16)10(15)4-5-13/h2-3,6,10-11,15-16H,4-5,14H2,1H3. The quantitative estimate of drug-likeness (QED) is 0.431. The third-order valence-corrected chi connectivity index (χ3v) is 3.05. The highest BCUT2D eigenvalue weighted by atomic mass is 79.9. The molecule has 1 rings (SSSR count). The lowest BCUT2D eigenvalue weighted by Crippen LogP contribution is -2.20. The number of carbonyl (C=O) groups is 1. The molecule has 0 aromatic heterocycles. The molecule has 0 saturated heterocycles. The van der Waals surface area contributed by atoms with Gasteiger partial charge in [0.2, 0.25) is 0 Å². The van der Waals surface area contributed by atoms with Crippen molar-refractivity contribution in [1.82, 2.24) is 0 Å². The summed E-state index contributed by atoms with van der Waals surface area (Å²) < 4.78 is 4.59. The maximum atomic E-state index is 11.4. The highest BCUT2D eigenvalue weighted by molar-refractivity contribution is 9.09. The fourth-order valence-electron chi connectivity index (χ4n) is 1.55. The van der Waals surface area contributed by atoms with Gasteiger partial charge in [-0.15, -0.1) is 0 Å². The second kappa shape index (κ2) is 6.72. The molecule has 6 heteroatoms. The lowest BCUT2D eigenvalue weighted by atomic mass is 9.99. The first kappa shape index (κ1) is 14.9. The Hall–Kier alpha value is -1.11. The normalized spacial score (nSPS) is 14.0. The van der Waals surface area contributed by atoms with E-state index in [0.717, 1.165) is 0 Å². The van der Waals surface area contributed by atoms with Crippen molar-refractivity contribution in [2.75, 3.05) is 18.2 Å². The molecule has 0 aliphatic heterocycles. The zero-order valence-corrected chi connectivity index (χ0v) is 11.6. The molecule has 0 aliphatic rings. The average molecular weight is 318 g/mol. The molecular formula is C12H16BrNO4. The van der Waals surface area contributed by atoms with Gasteiger partial charge in [0.1, 0.15) is 6.10 Å². The highest BCUT2D eigenvalue weighted by Gasteiger charge is 2.21. The number of esters is 1. The van der Waals surface area contributed by atoms with E-state index in [9.17, 15) is 15.0 Å². The molecule has 1 aromatic carbocycles. The molecule has 100 valence electrons. The van der Waals surface area contributed by atoms with E-state index in [1.54, 1.807) is 0 Å². The van der Waals surface area contributed by atoms with Crippen LogP contribution in [0.2, 0.25) is 0 Å². The summed E-state index contributed by atoms with van der Waals surface area (Å²) in [4.78, 5) is 11.4. The van der Waals surface area contributed by atoms with E-state index in [0.29, 0.717) is 23.0 Å². The van der Waals surface area contributed by atoms with Crippen molar-refractivity contribution in [1.29, 1.82) is 0 Å². The van der Waals surface area contributed by atoms with Gasteiger partial charge in [-0.3, -0.25) is 0 Å². The number of nitrogens with two attached hydrogens (primary N) is 1. The molecule has 0 amide bonds. The minimum atomic E-state index is -1.13. The van der Waals surface area contributed by atoms with Crippen LogP contribution in [0.25, 0.3) is 0 Å². The molecule has 5 nitrogen and oxygen atoms in total. The summed E-state index contributed by atoms with van der Waals surface area (Å²) in [5, 5.41) is 20.3. The largest absolute Gasteiger partial charge is 0.465 e. The number of rotatable bonds is 5. The van der Waals surface area contributed by atoms with Gasteiger partial charge in [-0.2, -0.15) is 0 Å². The van der Waals surface area contributed by atoms with Crippen molar-refractivity contribution in [3.05, 3.63) is 29.3 Å². The SMILES string of the molecule is COC(=O)c1ccc(N)c(C(O)C(O)CCBr)c1. The van der Waals surface area contributed by atoms with Gasteiger partial charge in [-0.1, -0.05) is 15.9 Å². The summed E-state index contributed by atoms with van der Waals surface area (Å²) in [5.74, 6) is -0.515. The predicted molar refractivity (Wildman–Crippen MR) is 71.6 cm³/mol. The van der Waals surface area contributed by atoms with Gasteiger partial charge < -0.3 is 20.7 Å². The molecule has 0 heterocycles. The first-order valence-corrected chi connectivity index (χ1v) is 6.53. The van der Waals surface area contributed by atoms with Crippen molar-refractivity contribution in [3.8, 4) is 0 Å². The van der Waals surface area contributed by atoms with Crippen molar-refractivity contribution >= 4 is 27.6 Å². The Labute approximate surface area is 114 Å². The third-order valence-electron chi connectivity index (χ3n) is 2.60. The number of aliphatic hydroxyl groups is 2. The fraction of sp³-hybridized carbons (Fsp3) is 0.417. The number of anilines is 1. The van der Waals surface area contributed by atoms with E-state index < -0.39 is 18.2 Å². The number of benzene rings is 1. The van der Waals surface area contributed by atoms with E-state index in [2.05, 4.69) is 20.7 Å². The maximum absolute atomic E-state index is 11.4. The van der Waals surface area contributed by atoms with Gasteiger partial charge in [-0.25, -0.2) is 4.79 Å². The van der Waals surface area contributed by atoms with Gasteiger partial charge in [0.05, 0.1) is 18.8 Å². The zero-order valence-electron chi connectivity index (χ0n) is 9.97. The van der Waals surface area contributed by atoms with Crippen LogP contribution < -0.4 is 5.73 Å². The number of alkyl halides is 1. The van der Waals surface area contributed by atoms with E-state index in [-0.39, 0.29) is 5.56 Å². The highest BCUT2D eigenvalue weighted by Crippen LogP contribution is 2.26. The third kappa shape index (κ3) is 3.44. The Morgan fingerprint density at radius 1 is 1.50 bits per heavy atom. The summed E-state index contributed by atoms with van der Waals surface area (Å²) >= 11 is 3.18. The Balaban J connectivity index is 3.03. The van der Waals surface area contributed by atoms with Crippen LogP contribution in [-0.2, 0) is 4.74 Å². The number of methoxy groups -OCH3 is 1. The number of ether oxygens (including phenoxy) is 1. The van der Waals surface area contributed by atoms with Gasteiger partial charge in [0.25, 0.3) is 0 Å². The molecule has 0 saturated carbocycles. The first-order valence-electron chi connectivity index (χ1n) is 5.41. The van der Waals surface area contributed by atoms with Crippen molar-refractivity contribution < 1.29 is 19.7 Å². The average Bonchev–Trinajstić information content (AvgIpc) is 2.37. The topological polar surface area (TPSA) is 92.8 Å². The molecule has 18 heavy (non-hydrogen) atoms. The number of hydrogen-bond acceptors (Lipinski definition) is 5. The second-order valence-corrected chi connectivity index (χ2v) is 4.62. The Bertz CT molecular complexity index is 425. The maximum Gasteiger partial charge on any atom is 0.337 e. The second-order valence-electron chi connectivity index (χ2n) is 3.83. The molecule has 0 bridgehead atoms. The number of aliphatic hydroxyl groups excluding tert-OH is 2. The number of halogens is 1. The molecule has 4 N–H and O–H groups in total. The molecule has 2 unspecified atom stereocenters. The van der Waals surface area contributed by atoms with Crippen LogP contribution in [0.5, 0.6) is 0 Å². The molecule has 0 fully saturated rings. The minimum absolute atomic E-state index is 0.284. The fourth-order valence-corrected chi connectivity index (χ4v) is 2.02. The molecule has 0 aliphatic carbocycles. The van der Waals surface area contributed by atoms with E-state index in [1.165, 1.54) is 25.3 Å². The molecule has 0 radical (unpaired) electrons. The summed E-state index contributed by atoms with van der Waals surface area (Å²) in [7, 11) is 1.27. The van der Waals surface area contributed by atoms with E-state index in [1.807, 2.05) is 0 Å². The van der Waals surface area contributed by atoms with Crippen LogP contribution >= 0.6 is 15.9 Å². The molecular weight excluding hydrogens is 302 g/mol. The number of nitrogen functional groups attached to an aromatic ring is 1. The number of carbonyl (C=O) groups excluding carboxylic acids is 1. The lowest BCUT2D eigenvalue weighted by Gasteiger charge is -2.19.